The zero-order valence-corrected chi connectivity index (χ0v) is 15.1. The van der Waals surface area contributed by atoms with Crippen molar-refractivity contribution >= 4 is 11.0 Å². The molecule has 0 amide bonds. The molecule has 1 fully saturated rings. The molecule has 1 aliphatic rings. The van der Waals surface area contributed by atoms with Crippen LogP contribution < -0.4 is 5.32 Å². The van der Waals surface area contributed by atoms with Crippen molar-refractivity contribution in [3.63, 3.8) is 0 Å². The minimum absolute atomic E-state index is 0.578. The largest absolute Gasteiger partial charge is 0.461 e. The summed E-state index contributed by atoms with van der Waals surface area (Å²) in [5, 5.41) is 4.86. The van der Waals surface area contributed by atoms with Crippen LogP contribution >= 0.6 is 0 Å². The highest BCUT2D eigenvalue weighted by Crippen LogP contribution is 2.38. The average Bonchev–Trinajstić information content (AvgIpc) is 3.06. The Kier molecular flexibility index (Phi) is 6.33. The number of para-hydroxylation sites is 1. The van der Waals surface area contributed by atoms with Crippen LogP contribution in [-0.2, 0) is 11.2 Å². The summed E-state index contributed by atoms with van der Waals surface area (Å²) < 4.78 is 11.4. The van der Waals surface area contributed by atoms with E-state index in [1.165, 1.54) is 36.6 Å². The van der Waals surface area contributed by atoms with E-state index in [2.05, 4.69) is 36.5 Å². The zero-order chi connectivity index (χ0) is 16.8. The molecule has 0 aliphatic carbocycles. The van der Waals surface area contributed by atoms with Crippen LogP contribution in [0.25, 0.3) is 11.0 Å². The highest BCUT2D eigenvalue weighted by atomic mass is 16.5. The van der Waals surface area contributed by atoms with Gasteiger partial charge in [-0.2, -0.15) is 0 Å². The summed E-state index contributed by atoms with van der Waals surface area (Å²) in [6, 6.07) is 8.88. The monoisotopic (exact) mass is 329 g/mol. The standard InChI is InChI=1S/C21H31NO2/c1-3-18-14-16-8-6-11-20(21(16)24-18)19(10-4-5-13-23-2)17-9-7-12-22-15-17/h6,8,11,14,17,19,22H,3-5,7,9-10,12-13,15H2,1-2H3/t17-,19-/m0/s1. The Morgan fingerprint density at radius 1 is 1.33 bits per heavy atom. The highest BCUT2D eigenvalue weighted by molar-refractivity contribution is 5.81. The number of methoxy groups -OCH3 is 1. The molecule has 1 N–H and O–H groups in total. The van der Waals surface area contributed by atoms with E-state index < -0.39 is 0 Å². The van der Waals surface area contributed by atoms with Gasteiger partial charge in [-0.3, -0.25) is 0 Å². The van der Waals surface area contributed by atoms with Crippen molar-refractivity contribution in [2.45, 2.75) is 51.4 Å². The number of hydrogen-bond donors (Lipinski definition) is 1. The van der Waals surface area contributed by atoms with Gasteiger partial charge in [-0.15, -0.1) is 0 Å². The fourth-order valence-electron chi connectivity index (χ4n) is 4.08. The van der Waals surface area contributed by atoms with Crippen LogP contribution in [0.2, 0.25) is 0 Å². The maximum absolute atomic E-state index is 6.20. The second-order valence-electron chi connectivity index (χ2n) is 7.03. The van der Waals surface area contributed by atoms with Crippen LogP contribution in [0.4, 0.5) is 0 Å². The van der Waals surface area contributed by atoms with E-state index in [0.717, 1.165) is 43.9 Å². The summed E-state index contributed by atoms with van der Waals surface area (Å²) >= 11 is 0. The Morgan fingerprint density at radius 2 is 2.25 bits per heavy atom. The van der Waals surface area contributed by atoms with Gasteiger partial charge in [0.25, 0.3) is 0 Å². The third-order valence-electron chi connectivity index (χ3n) is 5.39. The number of piperidine rings is 1. The van der Waals surface area contributed by atoms with Crippen molar-refractivity contribution in [1.29, 1.82) is 0 Å². The van der Waals surface area contributed by atoms with Gasteiger partial charge in [0, 0.05) is 25.5 Å². The summed E-state index contributed by atoms with van der Waals surface area (Å²) in [6.45, 7) is 5.32. The Morgan fingerprint density at radius 3 is 3.00 bits per heavy atom. The van der Waals surface area contributed by atoms with E-state index in [0.29, 0.717) is 11.8 Å². The molecular formula is C21H31NO2. The van der Waals surface area contributed by atoms with Gasteiger partial charge in [-0.25, -0.2) is 0 Å². The average molecular weight is 329 g/mol. The summed E-state index contributed by atoms with van der Waals surface area (Å²) in [5.74, 6) is 2.38. The lowest BCUT2D eigenvalue weighted by atomic mass is 9.78. The maximum atomic E-state index is 6.20. The zero-order valence-electron chi connectivity index (χ0n) is 15.1. The van der Waals surface area contributed by atoms with E-state index >= 15 is 0 Å². The Bertz CT molecular complexity index is 628. The number of unbranched alkanes of at least 4 members (excludes halogenated alkanes) is 1. The molecule has 3 rings (SSSR count). The van der Waals surface area contributed by atoms with Gasteiger partial charge in [0.1, 0.15) is 11.3 Å². The van der Waals surface area contributed by atoms with E-state index in [9.17, 15) is 0 Å². The van der Waals surface area contributed by atoms with E-state index in [4.69, 9.17) is 9.15 Å². The molecule has 0 spiro atoms. The van der Waals surface area contributed by atoms with Crippen molar-refractivity contribution in [3.05, 3.63) is 35.6 Å². The predicted molar refractivity (Wildman–Crippen MR) is 99.7 cm³/mol. The van der Waals surface area contributed by atoms with Gasteiger partial charge in [0.15, 0.2) is 0 Å². The SMILES string of the molecule is CCc1cc2cccc([C@@H](CCCCOC)[C@H]3CCCNC3)c2o1. The van der Waals surface area contributed by atoms with E-state index in [1.807, 2.05) is 0 Å². The van der Waals surface area contributed by atoms with E-state index in [1.54, 1.807) is 7.11 Å². The lowest BCUT2D eigenvalue weighted by Crippen LogP contribution is -2.33. The minimum Gasteiger partial charge on any atom is -0.461 e. The van der Waals surface area contributed by atoms with Gasteiger partial charge in [0.05, 0.1) is 0 Å². The molecule has 0 radical (unpaired) electrons. The molecule has 2 aromatic rings. The van der Waals surface area contributed by atoms with Crippen LogP contribution in [0.15, 0.2) is 28.7 Å². The van der Waals surface area contributed by atoms with Crippen molar-refractivity contribution in [3.8, 4) is 0 Å². The quantitative estimate of drug-likeness (QED) is 0.700. The van der Waals surface area contributed by atoms with Crippen LogP contribution in [0.5, 0.6) is 0 Å². The van der Waals surface area contributed by atoms with Crippen molar-refractivity contribution < 1.29 is 9.15 Å². The highest BCUT2D eigenvalue weighted by Gasteiger charge is 2.27. The van der Waals surface area contributed by atoms with E-state index in [-0.39, 0.29) is 0 Å². The molecule has 1 aliphatic heterocycles. The summed E-state index contributed by atoms with van der Waals surface area (Å²) in [7, 11) is 1.79. The number of benzene rings is 1. The molecule has 0 bridgehead atoms. The molecular weight excluding hydrogens is 298 g/mol. The predicted octanol–water partition coefficient (Wildman–Crippen LogP) is 4.90. The number of aryl methyl sites for hydroxylation is 1. The molecule has 3 nitrogen and oxygen atoms in total. The Labute approximate surface area is 145 Å². The third-order valence-corrected chi connectivity index (χ3v) is 5.39. The van der Waals surface area contributed by atoms with Crippen LogP contribution in [0.3, 0.4) is 0 Å². The maximum Gasteiger partial charge on any atom is 0.137 e. The van der Waals surface area contributed by atoms with Gasteiger partial charge in [-0.1, -0.05) is 31.5 Å². The minimum atomic E-state index is 0.578. The van der Waals surface area contributed by atoms with Crippen molar-refractivity contribution in [1.82, 2.24) is 5.32 Å². The number of hydrogen-bond acceptors (Lipinski definition) is 3. The molecule has 24 heavy (non-hydrogen) atoms. The van der Waals surface area contributed by atoms with Crippen molar-refractivity contribution in [2.24, 2.45) is 5.92 Å². The van der Waals surface area contributed by atoms with Gasteiger partial charge >= 0.3 is 0 Å². The first-order valence-electron chi connectivity index (χ1n) is 9.54. The third kappa shape index (κ3) is 4.01. The first-order chi connectivity index (χ1) is 11.8. The van der Waals surface area contributed by atoms with Gasteiger partial charge < -0.3 is 14.5 Å². The number of fused-ring (bicyclic) bond motifs is 1. The number of nitrogens with one attached hydrogen (secondary N) is 1. The number of ether oxygens (including phenoxy) is 1. The van der Waals surface area contributed by atoms with Gasteiger partial charge in [0.2, 0.25) is 0 Å². The second kappa shape index (κ2) is 8.68. The van der Waals surface area contributed by atoms with Crippen LogP contribution in [0.1, 0.15) is 56.3 Å². The molecule has 2 heterocycles. The molecule has 1 aromatic heterocycles. The van der Waals surface area contributed by atoms with Crippen molar-refractivity contribution in [2.75, 3.05) is 26.8 Å². The van der Waals surface area contributed by atoms with Crippen LogP contribution in [0, 0.1) is 5.92 Å². The smallest absolute Gasteiger partial charge is 0.137 e. The number of rotatable bonds is 8. The van der Waals surface area contributed by atoms with Crippen LogP contribution in [-0.4, -0.2) is 26.8 Å². The fraction of sp³-hybridized carbons (Fsp3) is 0.619. The second-order valence-corrected chi connectivity index (χ2v) is 7.03. The first kappa shape index (κ1) is 17.5. The molecule has 1 saturated heterocycles. The Hall–Kier alpha value is -1.32. The molecule has 2 atom stereocenters. The summed E-state index contributed by atoms with van der Waals surface area (Å²) in [6.07, 6.45) is 7.13. The number of furan rings is 1. The first-order valence-corrected chi connectivity index (χ1v) is 9.54. The summed E-state index contributed by atoms with van der Waals surface area (Å²) in [4.78, 5) is 0. The van der Waals surface area contributed by atoms with Gasteiger partial charge in [-0.05, 0) is 62.2 Å². The fourth-order valence-corrected chi connectivity index (χ4v) is 4.08. The summed E-state index contributed by atoms with van der Waals surface area (Å²) in [5.41, 5.74) is 2.54. The normalized spacial score (nSPS) is 19.7. The molecule has 132 valence electrons. The molecule has 0 unspecified atom stereocenters. The molecule has 0 saturated carbocycles. The lowest BCUT2D eigenvalue weighted by Gasteiger charge is -2.31. The molecule has 1 aromatic carbocycles. The molecule has 3 heteroatoms. The topological polar surface area (TPSA) is 34.4 Å². The lowest BCUT2D eigenvalue weighted by molar-refractivity contribution is 0.189. The Balaban J connectivity index is 1.87.